The molecule has 0 bridgehead atoms. The van der Waals surface area contributed by atoms with Gasteiger partial charge in [0.1, 0.15) is 5.75 Å². The van der Waals surface area contributed by atoms with Gasteiger partial charge in [0, 0.05) is 22.2 Å². The van der Waals surface area contributed by atoms with Crippen LogP contribution in [0.4, 0.5) is 0 Å². The minimum atomic E-state index is -0.0724. The third-order valence-corrected chi connectivity index (χ3v) is 3.04. The van der Waals surface area contributed by atoms with E-state index in [1.165, 1.54) is 0 Å². The van der Waals surface area contributed by atoms with Crippen LogP contribution >= 0.6 is 11.6 Å². The largest absolute Gasteiger partial charge is 0.507 e. The zero-order valence-corrected chi connectivity index (χ0v) is 10.3. The predicted molar refractivity (Wildman–Crippen MR) is 71.2 cm³/mol. The van der Waals surface area contributed by atoms with Crippen LogP contribution in [0.5, 0.6) is 5.75 Å². The van der Waals surface area contributed by atoms with Crippen LogP contribution in [0.1, 0.15) is 18.5 Å². The molecule has 17 heavy (non-hydrogen) atoms. The average molecular weight is 248 g/mol. The van der Waals surface area contributed by atoms with E-state index < -0.39 is 0 Å². The van der Waals surface area contributed by atoms with Gasteiger partial charge in [-0.1, -0.05) is 35.9 Å². The highest BCUT2D eigenvalue weighted by molar-refractivity contribution is 6.33. The van der Waals surface area contributed by atoms with Crippen molar-refractivity contribution in [2.75, 3.05) is 0 Å². The molecule has 0 saturated heterocycles. The summed E-state index contributed by atoms with van der Waals surface area (Å²) in [7, 11) is 0. The van der Waals surface area contributed by atoms with Crippen molar-refractivity contribution >= 4 is 11.6 Å². The van der Waals surface area contributed by atoms with Crippen LogP contribution in [0.2, 0.25) is 5.02 Å². The SMILES string of the molecule is CC(N)c1ccc(O)c(-c2ccccc2Cl)c1. The molecule has 0 aliphatic carbocycles. The molecule has 3 N–H and O–H groups in total. The second-order valence-electron chi connectivity index (χ2n) is 4.05. The summed E-state index contributed by atoms with van der Waals surface area (Å²) in [5.41, 5.74) is 8.33. The predicted octanol–water partition coefficient (Wildman–Crippen LogP) is 3.73. The van der Waals surface area contributed by atoms with Crippen molar-refractivity contribution in [3.05, 3.63) is 53.1 Å². The van der Waals surface area contributed by atoms with E-state index >= 15 is 0 Å². The molecule has 0 aliphatic heterocycles. The fourth-order valence-electron chi connectivity index (χ4n) is 1.73. The van der Waals surface area contributed by atoms with Crippen LogP contribution in [0.25, 0.3) is 11.1 Å². The van der Waals surface area contributed by atoms with Gasteiger partial charge in [0.2, 0.25) is 0 Å². The first kappa shape index (κ1) is 12.0. The summed E-state index contributed by atoms with van der Waals surface area (Å²) in [6, 6.07) is 12.7. The minimum Gasteiger partial charge on any atom is -0.507 e. The highest BCUT2D eigenvalue weighted by Gasteiger charge is 2.10. The zero-order chi connectivity index (χ0) is 12.4. The highest BCUT2D eigenvalue weighted by Crippen LogP contribution is 2.35. The smallest absolute Gasteiger partial charge is 0.123 e. The number of phenols is 1. The molecule has 0 aromatic heterocycles. The molecule has 2 aromatic rings. The second kappa shape index (κ2) is 4.78. The standard InChI is InChI=1S/C14H14ClNO/c1-9(16)10-6-7-14(17)12(8-10)11-4-2-3-5-13(11)15/h2-9,17H,16H2,1H3. The summed E-state index contributed by atoms with van der Waals surface area (Å²) in [5.74, 6) is 0.211. The van der Waals surface area contributed by atoms with Gasteiger partial charge in [0.25, 0.3) is 0 Å². The van der Waals surface area contributed by atoms with Gasteiger partial charge < -0.3 is 10.8 Å². The Kier molecular flexibility index (Phi) is 3.36. The van der Waals surface area contributed by atoms with Crippen molar-refractivity contribution in [1.29, 1.82) is 0 Å². The molecule has 3 heteroatoms. The Morgan fingerprint density at radius 1 is 1.12 bits per heavy atom. The molecule has 88 valence electrons. The molecular formula is C14H14ClNO. The first-order valence-corrected chi connectivity index (χ1v) is 5.81. The van der Waals surface area contributed by atoms with E-state index in [0.717, 1.165) is 11.1 Å². The second-order valence-corrected chi connectivity index (χ2v) is 4.45. The van der Waals surface area contributed by atoms with E-state index in [1.54, 1.807) is 12.1 Å². The Balaban J connectivity index is 2.59. The lowest BCUT2D eigenvalue weighted by molar-refractivity contribution is 0.477. The number of rotatable bonds is 2. The molecule has 2 aromatic carbocycles. The van der Waals surface area contributed by atoms with Gasteiger partial charge >= 0.3 is 0 Å². The highest BCUT2D eigenvalue weighted by atomic mass is 35.5. The maximum Gasteiger partial charge on any atom is 0.123 e. The van der Waals surface area contributed by atoms with Crippen molar-refractivity contribution in [3.8, 4) is 16.9 Å². The van der Waals surface area contributed by atoms with E-state index in [4.69, 9.17) is 17.3 Å². The maximum atomic E-state index is 9.90. The van der Waals surface area contributed by atoms with Gasteiger partial charge in [-0.15, -0.1) is 0 Å². The first-order valence-electron chi connectivity index (χ1n) is 5.43. The van der Waals surface area contributed by atoms with Crippen molar-refractivity contribution < 1.29 is 5.11 Å². The molecule has 0 saturated carbocycles. The number of nitrogens with two attached hydrogens (primary N) is 1. The van der Waals surface area contributed by atoms with Crippen molar-refractivity contribution in [2.45, 2.75) is 13.0 Å². The summed E-state index contributed by atoms with van der Waals surface area (Å²) in [4.78, 5) is 0. The number of phenolic OH excluding ortho intramolecular Hbond substituents is 1. The van der Waals surface area contributed by atoms with Gasteiger partial charge in [-0.05, 0) is 30.7 Å². The van der Waals surface area contributed by atoms with E-state index in [9.17, 15) is 5.11 Å². The van der Waals surface area contributed by atoms with Gasteiger partial charge in [-0.3, -0.25) is 0 Å². The Hall–Kier alpha value is -1.51. The van der Waals surface area contributed by atoms with Crippen LogP contribution < -0.4 is 5.73 Å². The van der Waals surface area contributed by atoms with Crippen molar-refractivity contribution in [3.63, 3.8) is 0 Å². The molecule has 1 unspecified atom stereocenters. The number of hydrogen-bond donors (Lipinski definition) is 2. The summed E-state index contributed by atoms with van der Waals surface area (Å²) in [6.07, 6.45) is 0. The van der Waals surface area contributed by atoms with Crippen LogP contribution in [0.3, 0.4) is 0 Å². The van der Waals surface area contributed by atoms with E-state index in [2.05, 4.69) is 0 Å². The lowest BCUT2D eigenvalue weighted by Gasteiger charge is -2.11. The zero-order valence-electron chi connectivity index (χ0n) is 9.52. The van der Waals surface area contributed by atoms with Crippen LogP contribution in [-0.2, 0) is 0 Å². The fourth-order valence-corrected chi connectivity index (χ4v) is 1.97. The van der Waals surface area contributed by atoms with Gasteiger partial charge in [0.15, 0.2) is 0 Å². The lowest BCUT2D eigenvalue weighted by Crippen LogP contribution is -2.04. The monoisotopic (exact) mass is 247 g/mol. The summed E-state index contributed by atoms with van der Waals surface area (Å²) < 4.78 is 0. The first-order chi connectivity index (χ1) is 8.09. The molecule has 0 fully saturated rings. The molecular weight excluding hydrogens is 234 g/mol. The number of benzene rings is 2. The molecule has 0 heterocycles. The molecule has 0 amide bonds. The topological polar surface area (TPSA) is 46.2 Å². The third-order valence-electron chi connectivity index (χ3n) is 2.71. The Bertz CT molecular complexity index is 537. The number of halogens is 1. The average Bonchev–Trinajstić information content (AvgIpc) is 2.30. The maximum absolute atomic E-state index is 9.90. The van der Waals surface area contributed by atoms with Gasteiger partial charge in [-0.2, -0.15) is 0 Å². The van der Waals surface area contributed by atoms with E-state index in [1.807, 2.05) is 37.3 Å². The molecule has 1 atom stereocenters. The van der Waals surface area contributed by atoms with Crippen LogP contribution in [-0.4, -0.2) is 5.11 Å². The van der Waals surface area contributed by atoms with Gasteiger partial charge in [-0.25, -0.2) is 0 Å². The number of aromatic hydroxyl groups is 1. The lowest BCUT2D eigenvalue weighted by atomic mass is 9.99. The molecule has 0 radical (unpaired) electrons. The van der Waals surface area contributed by atoms with E-state index in [-0.39, 0.29) is 11.8 Å². The summed E-state index contributed by atoms with van der Waals surface area (Å²) in [6.45, 7) is 1.91. The minimum absolute atomic E-state index is 0.0724. The Labute approximate surface area is 106 Å². The summed E-state index contributed by atoms with van der Waals surface area (Å²) in [5, 5.41) is 10.5. The summed E-state index contributed by atoms with van der Waals surface area (Å²) >= 11 is 6.12. The Morgan fingerprint density at radius 3 is 2.47 bits per heavy atom. The molecule has 0 spiro atoms. The quantitative estimate of drug-likeness (QED) is 0.849. The number of hydrogen-bond acceptors (Lipinski definition) is 2. The van der Waals surface area contributed by atoms with Crippen molar-refractivity contribution in [1.82, 2.24) is 0 Å². The van der Waals surface area contributed by atoms with Crippen LogP contribution in [0.15, 0.2) is 42.5 Å². The third kappa shape index (κ3) is 2.43. The van der Waals surface area contributed by atoms with Crippen molar-refractivity contribution in [2.24, 2.45) is 5.73 Å². The van der Waals surface area contributed by atoms with Gasteiger partial charge in [0.05, 0.1) is 0 Å². The molecule has 0 aliphatic rings. The van der Waals surface area contributed by atoms with Crippen LogP contribution in [0, 0.1) is 0 Å². The normalized spacial score (nSPS) is 12.4. The molecule has 2 nitrogen and oxygen atoms in total. The fraction of sp³-hybridized carbons (Fsp3) is 0.143. The van der Waals surface area contributed by atoms with E-state index in [0.29, 0.717) is 10.6 Å². The Morgan fingerprint density at radius 2 is 1.82 bits per heavy atom. The molecule has 2 rings (SSSR count).